The van der Waals surface area contributed by atoms with Crippen LogP contribution in [0.3, 0.4) is 0 Å². The number of hydrogen-bond acceptors (Lipinski definition) is 5. The van der Waals surface area contributed by atoms with Gasteiger partial charge in [0.1, 0.15) is 18.3 Å². The van der Waals surface area contributed by atoms with Gasteiger partial charge in [-0.05, 0) is 54.3 Å². The first kappa shape index (κ1) is 32.2. The Morgan fingerprint density at radius 1 is 0.951 bits per heavy atom. The molecule has 1 atom stereocenters. The number of carbonyl (C=O) groups is 2. The normalized spacial score (nSPS) is 12.1. The van der Waals surface area contributed by atoms with Crippen LogP contribution in [0.4, 0.5) is 5.69 Å². The van der Waals surface area contributed by atoms with Gasteiger partial charge in [0.2, 0.25) is 11.8 Å². The lowest BCUT2D eigenvalue weighted by atomic mass is 10.1. The van der Waals surface area contributed by atoms with Gasteiger partial charge in [-0.3, -0.25) is 13.9 Å². The second kappa shape index (κ2) is 14.6. The van der Waals surface area contributed by atoms with Gasteiger partial charge in [0.25, 0.3) is 10.0 Å². The van der Waals surface area contributed by atoms with Crippen LogP contribution in [0, 0.1) is 5.92 Å². The number of rotatable bonds is 13. The van der Waals surface area contributed by atoms with Gasteiger partial charge < -0.3 is 15.0 Å². The number of nitrogens with zero attached hydrogens (tertiary/aromatic N) is 2. The molecule has 0 fully saturated rings. The van der Waals surface area contributed by atoms with E-state index in [2.05, 4.69) is 5.32 Å². The van der Waals surface area contributed by atoms with Crippen molar-refractivity contribution in [2.24, 2.45) is 5.92 Å². The van der Waals surface area contributed by atoms with Crippen molar-refractivity contribution in [3.8, 4) is 5.75 Å². The molecule has 1 N–H and O–H groups in total. The van der Waals surface area contributed by atoms with Crippen LogP contribution < -0.4 is 14.4 Å². The molecular formula is C30H35Cl2N3O5S. The quantitative estimate of drug-likeness (QED) is 0.262. The fourth-order valence-electron chi connectivity index (χ4n) is 4.19. The minimum Gasteiger partial charge on any atom is -0.497 e. The van der Waals surface area contributed by atoms with Gasteiger partial charge in [-0.15, -0.1) is 0 Å². The van der Waals surface area contributed by atoms with Gasteiger partial charge in [0.05, 0.1) is 27.7 Å². The summed E-state index contributed by atoms with van der Waals surface area (Å²) < 4.78 is 34.1. The summed E-state index contributed by atoms with van der Waals surface area (Å²) in [5.74, 6) is -0.260. The first-order chi connectivity index (χ1) is 19.5. The van der Waals surface area contributed by atoms with Crippen molar-refractivity contribution >= 4 is 50.7 Å². The SMILES string of the molecule is CC[C@H](C(=O)NCC(C)C)N(Cc1ccc(Cl)c(Cl)c1)C(=O)CN(c1cccc(OC)c1)S(=O)(=O)c1ccccc1. The van der Waals surface area contributed by atoms with Crippen LogP contribution in [0.25, 0.3) is 0 Å². The van der Waals surface area contributed by atoms with Crippen molar-refractivity contribution in [3.05, 3.63) is 88.4 Å². The third kappa shape index (κ3) is 8.38. The molecule has 2 amide bonds. The van der Waals surface area contributed by atoms with E-state index in [0.29, 0.717) is 34.3 Å². The molecule has 0 unspecified atom stereocenters. The molecule has 0 saturated heterocycles. The summed E-state index contributed by atoms with van der Waals surface area (Å²) in [7, 11) is -2.70. The minimum absolute atomic E-state index is 0.0145. The third-order valence-electron chi connectivity index (χ3n) is 6.36. The predicted octanol–water partition coefficient (Wildman–Crippen LogP) is 5.78. The van der Waals surface area contributed by atoms with Gasteiger partial charge in [-0.25, -0.2) is 8.42 Å². The number of methoxy groups -OCH3 is 1. The number of hydrogen-bond donors (Lipinski definition) is 1. The Morgan fingerprint density at radius 3 is 2.27 bits per heavy atom. The summed E-state index contributed by atoms with van der Waals surface area (Å²) in [6.07, 6.45) is 0.307. The molecule has 3 rings (SSSR count). The maximum Gasteiger partial charge on any atom is 0.264 e. The highest BCUT2D eigenvalue weighted by Gasteiger charge is 2.34. The zero-order chi connectivity index (χ0) is 30.2. The Kier molecular flexibility index (Phi) is 11.5. The summed E-state index contributed by atoms with van der Waals surface area (Å²) in [6.45, 7) is 5.64. The Hall–Kier alpha value is -3.27. The highest BCUT2D eigenvalue weighted by molar-refractivity contribution is 7.92. The van der Waals surface area contributed by atoms with Gasteiger partial charge in [0, 0.05) is 19.2 Å². The predicted molar refractivity (Wildman–Crippen MR) is 163 cm³/mol. The maximum absolute atomic E-state index is 14.1. The summed E-state index contributed by atoms with van der Waals surface area (Å²) in [4.78, 5) is 28.8. The van der Waals surface area contributed by atoms with E-state index in [9.17, 15) is 18.0 Å². The Bertz CT molecular complexity index is 1450. The number of benzene rings is 3. The average molecular weight is 621 g/mol. The molecule has 0 aliphatic heterocycles. The van der Waals surface area contributed by atoms with E-state index >= 15 is 0 Å². The van der Waals surface area contributed by atoms with Crippen LogP contribution in [-0.4, -0.2) is 51.4 Å². The first-order valence-electron chi connectivity index (χ1n) is 13.2. The van der Waals surface area contributed by atoms with Gasteiger partial charge in [-0.1, -0.05) is 74.3 Å². The van der Waals surface area contributed by atoms with Crippen LogP contribution in [0.15, 0.2) is 77.7 Å². The van der Waals surface area contributed by atoms with Crippen LogP contribution >= 0.6 is 23.2 Å². The molecule has 0 aromatic heterocycles. The highest BCUT2D eigenvalue weighted by Crippen LogP contribution is 2.28. The highest BCUT2D eigenvalue weighted by atomic mass is 35.5. The van der Waals surface area contributed by atoms with E-state index in [1.54, 1.807) is 67.6 Å². The number of ether oxygens (including phenoxy) is 1. The van der Waals surface area contributed by atoms with E-state index in [1.165, 1.54) is 24.1 Å². The van der Waals surface area contributed by atoms with E-state index in [4.69, 9.17) is 27.9 Å². The van der Waals surface area contributed by atoms with E-state index in [1.807, 2.05) is 13.8 Å². The summed E-state index contributed by atoms with van der Waals surface area (Å²) >= 11 is 12.3. The third-order valence-corrected chi connectivity index (χ3v) is 8.89. The van der Waals surface area contributed by atoms with Crippen molar-refractivity contribution in [1.29, 1.82) is 0 Å². The molecule has 41 heavy (non-hydrogen) atoms. The second-order valence-corrected chi connectivity index (χ2v) is 12.5. The lowest BCUT2D eigenvalue weighted by Gasteiger charge is -2.33. The number of anilines is 1. The number of carbonyl (C=O) groups excluding carboxylic acids is 2. The molecule has 3 aromatic rings. The molecule has 0 saturated carbocycles. The minimum atomic E-state index is -4.18. The number of halogens is 2. The van der Waals surface area contributed by atoms with Gasteiger partial charge in [-0.2, -0.15) is 0 Å². The van der Waals surface area contributed by atoms with E-state index in [-0.39, 0.29) is 29.0 Å². The van der Waals surface area contributed by atoms with E-state index < -0.39 is 28.5 Å². The zero-order valence-corrected chi connectivity index (χ0v) is 25.8. The van der Waals surface area contributed by atoms with Gasteiger partial charge >= 0.3 is 0 Å². The molecule has 220 valence electrons. The molecule has 8 nitrogen and oxygen atoms in total. The Labute approximate surface area is 252 Å². The molecule has 0 heterocycles. The monoisotopic (exact) mass is 619 g/mol. The maximum atomic E-state index is 14.1. The Balaban J connectivity index is 2.07. The first-order valence-corrected chi connectivity index (χ1v) is 15.4. The number of sulfonamides is 1. The number of nitrogens with one attached hydrogen (secondary N) is 1. The molecule has 11 heteroatoms. The van der Waals surface area contributed by atoms with Crippen LogP contribution in [0.2, 0.25) is 10.0 Å². The molecule has 0 aliphatic rings. The topological polar surface area (TPSA) is 96.0 Å². The lowest BCUT2D eigenvalue weighted by molar-refractivity contribution is -0.140. The molecular weight excluding hydrogens is 585 g/mol. The Morgan fingerprint density at radius 2 is 1.66 bits per heavy atom. The molecule has 0 spiro atoms. The smallest absolute Gasteiger partial charge is 0.264 e. The van der Waals surface area contributed by atoms with Crippen molar-refractivity contribution in [3.63, 3.8) is 0 Å². The number of amides is 2. The van der Waals surface area contributed by atoms with Crippen molar-refractivity contribution in [2.45, 2.75) is 44.7 Å². The molecule has 0 bridgehead atoms. The lowest BCUT2D eigenvalue weighted by Crippen LogP contribution is -2.52. The summed E-state index contributed by atoms with van der Waals surface area (Å²) in [6, 6.07) is 18.4. The van der Waals surface area contributed by atoms with Crippen molar-refractivity contribution in [1.82, 2.24) is 10.2 Å². The van der Waals surface area contributed by atoms with Crippen LogP contribution in [-0.2, 0) is 26.2 Å². The fraction of sp³-hybridized carbons (Fsp3) is 0.333. The second-order valence-electron chi connectivity index (χ2n) is 9.86. The molecule has 3 aromatic carbocycles. The van der Waals surface area contributed by atoms with Crippen LogP contribution in [0.1, 0.15) is 32.8 Å². The largest absolute Gasteiger partial charge is 0.497 e. The van der Waals surface area contributed by atoms with Crippen molar-refractivity contribution in [2.75, 3.05) is 24.5 Å². The zero-order valence-electron chi connectivity index (χ0n) is 23.5. The average Bonchev–Trinajstić information content (AvgIpc) is 2.96. The molecule has 0 aliphatic carbocycles. The molecule has 0 radical (unpaired) electrons. The van der Waals surface area contributed by atoms with Crippen LogP contribution in [0.5, 0.6) is 5.75 Å². The standard InChI is InChI=1S/C30H35Cl2N3O5S/c1-5-28(30(37)33-18-21(2)3)34(19-22-14-15-26(31)27(32)16-22)29(36)20-35(23-10-9-11-24(17-23)40-4)41(38,39)25-12-7-6-8-13-25/h6-17,21,28H,5,18-20H2,1-4H3,(H,33,37)/t28-/m1/s1. The van der Waals surface area contributed by atoms with E-state index in [0.717, 1.165) is 4.31 Å². The van der Waals surface area contributed by atoms with Gasteiger partial charge in [0.15, 0.2) is 0 Å². The fourth-order valence-corrected chi connectivity index (χ4v) is 5.94. The summed E-state index contributed by atoms with van der Waals surface area (Å²) in [5, 5.41) is 3.56. The van der Waals surface area contributed by atoms with Crippen molar-refractivity contribution < 1.29 is 22.7 Å². The summed E-state index contributed by atoms with van der Waals surface area (Å²) in [5.41, 5.74) is 0.884.